The number of amides is 1. The van der Waals surface area contributed by atoms with Crippen molar-refractivity contribution in [1.29, 1.82) is 0 Å². The third-order valence-electron chi connectivity index (χ3n) is 2.83. The van der Waals surface area contributed by atoms with Crippen LogP contribution in [-0.4, -0.2) is 25.0 Å². The van der Waals surface area contributed by atoms with Crippen molar-refractivity contribution in [2.45, 2.75) is 27.2 Å². The van der Waals surface area contributed by atoms with Crippen LogP contribution < -0.4 is 16.4 Å². The number of nitrogens with two attached hydrogens (primary N) is 1. The summed E-state index contributed by atoms with van der Waals surface area (Å²) >= 11 is 6.01. The number of carbonyl (C=O) groups excluding carboxylic acids is 1. The van der Waals surface area contributed by atoms with E-state index < -0.39 is 0 Å². The maximum Gasteiger partial charge on any atom is 0.226 e. The Hall–Kier alpha value is -1.75. The second-order valence-corrected chi connectivity index (χ2v) is 5.66. The highest BCUT2D eigenvalue weighted by molar-refractivity contribution is 6.31. The second-order valence-electron chi connectivity index (χ2n) is 5.26. The van der Waals surface area contributed by atoms with Gasteiger partial charge in [0, 0.05) is 30.2 Å². The molecule has 0 unspecified atom stereocenters. The molecule has 0 fully saturated rings. The fourth-order valence-electron chi connectivity index (χ4n) is 1.60. The first kappa shape index (κ1) is 17.3. The fourth-order valence-corrected chi connectivity index (χ4v) is 1.77. The number of aliphatic imine (C=N–C) groups is 1. The third-order valence-corrected chi connectivity index (χ3v) is 3.24. The molecule has 0 radical (unpaired) electrons. The van der Waals surface area contributed by atoms with Crippen LogP contribution in [0.3, 0.4) is 0 Å². The zero-order chi connectivity index (χ0) is 15.8. The number of anilines is 1. The highest BCUT2D eigenvalue weighted by Gasteiger charge is 2.06. The number of rotatable bonds is 6. The number of hydrogen-bond acceptors (Lipinski definition) is 2. The van der Waals surface area contributed by atoms with Crippen molar-refractivity contribution < 1.29 is 4.79 Å². The van der Waals surface area contributed by atoms with Gasteiger partial charge in [0.25, 0.3) is 0 Å². The minimum Gasteiger partial charge on any atom is -0.370 e. The molecule has 1 rings (SSSR count). The third kappa shape index (κ3) is 6.49. The molecule has 5 nitrogen and oxygen atoms in total. The molecule has 6 heteroatoms. The number of halogens is 1. The van der Waals surface area contributed by atoms with E-state index in [1.165, 1.54) is 0 Å². The highest BCUT2D eigenvalue weighted by atomic mass is 35.5. The lowest BCUT2D eigenvalue weighted by molar-refractivity contribution is -0.116. The lowest BCUT2D eigenvalue weighted by Crippen LogP contribution is -2.34. The Bertz CT molecular complexity index is 514. The van der Waals surface area contributed by atoms with Crippen molar-refractivity contribution in [3.05, 3.63) is 28.8 Å². The van der Waals surface area contributed by atoms with Crippen LogP contribution in [0.25, 0.3) is 0 Å². The number of carbonyl (C=O) groups is 1. The Balaban J connectivity index is 2.38. The lowest BCUT2D eigenvalue weighted by Gasteiger charge is -2.10. The van der Waals surface area contributed by atoms with Crippen LogP contribution in [-0.2, 0) is 4.79 Å². The Labute approximate surface area is 131 Å². The van der Waals surface area contributed by atoms with Gasteiger partial charge in [0.2, 0.25) is 5.91 Å². The molecule has 1 aromatic carbocycles. The van der Waals surface area contributed by atoms with E-state index in [9.17, 15) is 4.79 Å². The maximum absolute atomic E-state index is 11.8. The summed E-state index contributed by atoms with van der Waals surface area (Å²) in [7, 11) is 0. The first-order valence-electron chi connectivity index (χ1n) is 6.99. The van der Waals surface area contributed by atoms with E-state index in [4.69, 9.17) is 17.3 Å². The number of hydrogen-bond donors (Lipinski definition) is 3. The predicted molar refractivity (Wildman–Crippen MR) is 88.8 cm³/mol. The Kier molecular flexibility index (Phi) is 7.02. The van der Waals surface area contributed by atoms with Gasteiger partial charge in [0.1, 0.15) is 0 Å². The van der Waals surface area contributed by atoms with Gasteiger partial charge in [-0.25, -0.2) is 0 Å². The molecule has 116 valence electrons. The predicted octanol–water partition coefficient (Wildman–Crippen LogP) is 2.54. The van der Waals surface area contributed by atoms with Gasteiger partial charge < -0.3 is 16.4 Å². The van der Waals surface area contributed by atoms with E-state index in [1.807, 2.05) is 13.0 Å². The fraction of sp³-hybridized carbons (Fsp3) is 0.467. The molecule has 1 amide bonds. The number of guanidine groups is 1. The van der Waals surface area contributed by atoms with Crippen molar-refractivity contribution >= 4 is 29.2 Å². The van der Waals surface area contributed by atoms with Gasteiger partial charge in [0.15, 0.2) is 5.96 Å². The van der Waals surface area contributed by atoms with E-state index in [0.717, 1.165) is 11.3 Å². The summed E-state index contributed by atoms with van der Waals surface area (Å²) in [6.45, 7) is 7.12. The average Bonchev–Trinajstić information content (AvgIpc) is 2.41. The quantitative estimate of drug-likeness (QED) is 0.558. The molecular weight excluding hydrogens is 288 g/mol. The molecule has 0 aliphatic carbocycles. The lowest BCUT2D eigenvalue weighted by atomic mass is 10.2. The standard InChI is InChI=1S/C15H23ClN4O/c1-10(2)9-19-15(17)18-8-7-14(21)20-13-6-4-5-12(16)11(13)3/h4-6,10H,7-9H2,1-3H3,(H,20,21)(H3,17,18,19). The zero-order valence-corrected chi connectivity index (χ0v) is 13.5. The zero-order valence-electron chi connectivity index (χ0n) is 12.7. The Morgan fingerprint density at radius 1 is 1.43 bits per heavy atom. The summed E-state index contributed by atoms with van der Waals surface area (Å²) < 4.78 is 0. The average molecular weight is 311 g/mol. The van der Waals surface area contributed by atoms with Crippen molar-refractivity contribution in [3.8, 4) is 0 Å². The van der Waals surface area contributed by atoms with E-state index in [2.05, 4.69) is 29.5 Å². The van der Waals surface area contributed by atoms with Crippen LogP contribution in [0, 0.1) is 12.8 Å². The van der Waals surface area contributed by atoms with Crippen molar-refractivity contribution in [2.24, 2.45) is 16.6 Å². The van der Waals surface area contributed by atoms with E-state index >= 15 is 0 Å². The maximum atomic E-state index is 11.8. The van der Waals surface area contributed by atoms with Crippen molar-refractivity contribution in [3.63, 3.8) is 0 Å². The largest absolute Gasteiger partial charge is 0.370 e. The molecule has 0 aromatic heterocycles. The second kappa shape index (κ2) is 8.52. The van der Waals surface area contributed by atoms with Gasteiger partial charge in [-0.15, -0.1) is 0 Å². The number of benzene rings is 1. The molecule has 4 N–H and O–H groups in total. The molecule has 0 heterocycles. The molecule has 0 atom stereocenters. The van der Waals surface area contributed by atoms with Crippen LogP contribution in [0.5, 0.6) is 0 Å². The molecule has 1 aromatic rings. The first-order valence-corrected chi connectivity index (χ1v) is 7.36. The minimum atomic E-state index is -0.0930. The van der Waals surface area contributed by atoms with Crippen LogP contribution in [0.2, 0.25) is 5.02 Å². The molecule has 0 spiro atoms. The van der Waals surface area contributed by atoms with Gasteiger partial charge in [0.05, 0.1) is 0 Å². The van der Waals surface area contributed by atoms with E-state index in [1.54, 1.807) is 12.1 Å². The summed E-state index contributed by atoms with van der Waals surface area (Å²) in [6.07, 6.45) is 0.309. The van der Waals surface area contributed by atoms with Crippen molar-refractivity contribution in [2.75, 3.05) is 18.4 Å². The summed E-state index contributed by atoms with van der Waals surface area (Å²) in [6, 6.07) is 5.42. The Morgan fingerprint density at radius 2 is 2.14 bits per heavy atom. The van der Waals surface area contributed by atoms with Crippen LogP contribution >= 0.6 is 11.6 Å². The minimum absolute atomic E-state index is 0.0930. The Morgan fingerprint density at radius 3 is 2.81 bits per heavy atom. The normalized spacial score (nSPS) is 11.6. The van der Waals surface area contributed by atoms with Gasteiger partial charge in [-0.05, 0) is 30.5 Å². The monoisotopic (exact) mass is 310 g/mol. The first-order chi connectivity index (χ1) is 9.90. The van der Waals surface area contributed by atoms with Gasteiger partial charge >= 0.3 is 0 Å². The summed E-state index contributed by atoms with van der Waals surface area (Å²) in [5.74, 6) is 0.736. The molecule has 0 saturated carbocycles. The summed E-state index contributed by atoms with van der Waals surface area (Å²) in [5, 5.41) is 6.39. The topological polar surface area (TPSA) is 79.5 Å². The molecule has 0 aliphatic rings. The van der Waals surface area contributed by atoms with Crippen molar-refractivity contribution in [1.82, 2.24) is 5.32 Å². The molecular formula is C15H23ClN4O. The number of nitrogens with one attached hydrogen (secondary N) is 2. The van der Waals surface area contributed by atoms with Gasteiger partial charge in [-0.1, -0.05) is 31.5 Å². The smallest absolute Gasteiger partial charge is 0.226 e. The summed E-state index contributed by atoms with van der Waals surface area (Å²) in [4.78, 5) is 16.0. The molecule has 0 aliphatic heterocycles. The van der Waals surface area contributed by atoms with Crippen LogP contribution in [0.1, 0.15) is 25.8 Å². The molecule has 0 saturated heterocycles. The van der Waals surface area contributed by atoms with E-state index in [-0.39, 0.29) is 5.91 Å². The van der Waals surface area contributed by atoms with Gasteiger partial charge in [-0.2, -0.15) is 0 Å². The van der Waals surface area contributed by atoms with Crippen LogP contribution in [0.4, 0.5) is 5.69 Å². The van der Waals surface area contributed by atoms with Crippen LogP contribution in [0.15, 0.2) is 23.2 Å². The molecule has 0 bridgehead atoms. The highest BCUT2D eigenvalue weighted by Crippen LogP contribution is 2.22. The number of nitrogens with zero attached hydrogens (tertiary/aromatic N) is 1. The SMILES string of the molecule is Cc1c(Cl)cccc1NC(=O)CCNC(N)=NCC(C)C. The van der Waals surface area contributed by atoms with Gasteiger partial charge in [-0.3, -0.25) is 9.79 Å². The van der Waals surface area contributed by atoms with E-state index in [0.29, 0.717) is 36.4 Å². The molecule has 21 heavy (non-hydrogen) atoms. The summed E-state index contributed by atoms with van der Waals surface area (Å²) in [5.41, 5.74) is 7.28.